The highest BCUT2D eigenvalue weighted by Gasteiger charge is 2.40. The number of ketones is 1. The summed E-state index contributed by atoms with van der Waals surface area (Å²) in [7, 11) is 0. The largest absolute Gasteiger partial charge is 0.486 e. The topological polar surface area (TPSA) is 75.6 Å². The van der Waals surface area contributed by atoms with Gasteiger partial charge in [-0.1, -0.05) is 6.07 Å². The maximum atomic E-state index is 12.5. The molecule has 0 amide bonds. The summed E-state index contributed by atoms with van der Waals surface area (Å²) in [5, 5.41) is 12.0. The van der Waals surface area contributed by atoms with Gasteiger partial charge < -0.3 is 15.2 Å². The van der Waals surface area contributed by atoms with Crippen molar-refractivity contribution >= 4 is 17.8 Å². The number of hydrogen-bond donors (Lipinski definition) is 2. The van der Waals surface area contributed by atoms with Gasteiger partial charge in [0.15, 0.2) is 5.78 Å². The number of fused-ring (bicyclic) bond motifs is 1. The van der Waals surface area contributed by atoms with Gasteiger partial charge >= 0.3 is 5.97 Å². The van der Waals surface area contributed by atoms with Gasteiger partial charge in [-0.2, -0.15) is 0 Å². The highest BCUT2D eigenvalue weighted by molar-refractivity contribution is 6.01. The predicted octanol–water partition coefficient (Wildman–Crippen LogP) is 2.26. The van der Waals surface area contributed by atoms with Crippen molar-refractivity contribution in [1.29, 1.82) is 0 Å². The van der Waals surface area contributed by atoms with E-state index in [0.29, 0.717) is 23.3 Å². The Morgan fingerprint density at radius 3 is 3.00 bits per heavy atom. The Labute approximate surface area is 129 Å². The minimum absolute atomic E-state index is 0.0775. The average molecular weight is 301 g/mol. The van der Waals surface area contributed by atoms with Crippen molar-refractivity contribution in [2.75, 3.05) is 13.1 Å². The summed E-state index contributed by atoms with van der Waals surface area (Å²) in [5.41, 5.74) is 0.860. The van der Waals surface area contributed by atoms with Crippen molar-refractivity contribution in [2.24, 2.45) is 0 Å². The van der Waals surface area contributed by atoms with E-state index < -0.39 is 5.97 Å². The Hall–Kier alpha value is -2.14. The molecule has 5 heteroatoms. The lowest BCUT2D eigenvalue weighted by atomic mass is 9.84. The predicted molar refractivity (Wildman–Crippen MR) is 82.1 cm³/mol. The third kappa shape index (κ3) is 3.04. The molecule has 2 aliphatic heterocycles. The number of carboxylic acid groups (broad SMARTS) is 1. The molecule has 1 saturated heterocycles. The van der Waals surface area contributed by atoms with Crippen molar-refractivity contribution in [3.05, 3.63) is 35.4 Å². The van der Waals surface area contributed by atoms with E-state index >= 15 is 0 Å². The molecule has 1 spiro atoms. The third-order valence-corrected chi connectivity index (χ3v) is 4.27. The molecular weight excluding hydrogens is 282 g/mol. The number of benzene rings is 1. The molecule has 2 N–H and O–H groups in total. The molecule has 2 heterocycles. The number of carboxylic acids is 1. The Morgan fingerprint density at radius 1 is 1.32 bits per heavy atom. The summed E-state index contributed by atoms with van der Waals surface area (Å²) < 4.78 is 6.19. The van der Waals surface area contributed by atoms with Crippen molar-refractivity contribution in [1.82, 2.24) is 5.32 Å². The Kier molecular flexibility index (Phi) is 3.98. The first-order valence-electron chi connectivity index (χ1n) is 7.56. The smallest absolute Gasteiger partial charge is 0.328 e. The monoisotopic (exact) mass is 301 g/mol. The molecule has 0 radical (unpaired) electrons. The first-order chi connectivity index (χ1) is 10.6. The van der Waals surface area contributed by atoms with Crippen LogP contribution in [0.25, 0.3) is 6.08 Å². The zero-order valence-electron chi connectivity index (χ0n) is 12.3. The summed E-state index contributed by atoms with van der Waals surface area (Å²) >= 11 is 0. The van der Waals surface area contributed by atoms with Crippen molar-refractivity contribution in [2.45, 2.75) is 31.3 Å². The SMILES string of the molecule is O=C(O)C=Cc1ccc2c(c1)C(=O)CC1(CCCNCC1)O2. The summed E-state index contributed by atoms with van der Waals surface area (Å²) in [6, 6.07) is 5.26. The van der Waals surface area contributed by atoms with Crippen molar-refractivity contribution in [3.63, 3.8) is 0 Å². The second kappa shape index (κ2) is 5.93. The zero-order chi connectivity index (χ0) is 15.6. The van der Waals surface area contributed by atoms with Crippen molar-refractivity contribution < 1.29 is 19.4 Å². The van der Waals surface area contributed by atoms with Crippen LogP contribution >= 0.6 is 0 Å². The van der Waals surface area contributed by atoms with Crippen LogP contribution in [0.1, 0.15) is 41.6 Å². The molecule has 0 aliphatic carbocycles. The van der Waals surface area contributed by atoms with Gasteiger partial charge in [0.2, 0.25) is 0 Å². The number of nitrogens with one attached hydrogen (secondary N) is 1. The summed E-state index contributed by atoms with van der Waals surface area (Å²) in [4.78, 5) is 23.1. The van der Waals surface area contributed by atoms with Gasteiger partial charge in [-0.25, -0.2) is 4.79 Å². The van der Waals surface area contributed by atoms with Gasteiger partial charge in [-0.05, 0) is 49.7 Å². The fraction of sp³-hybridized carbons (Fsp3) is 0.412. The van der Waals surface area contributed by atoms with Gasteiger partial charge in [0.1, 0.15) is 11.4 Å². The number of Topliss-reactive ketones (excluding diaryl/α,β-unsaturated/α-hetero) is 1. The Morgan fingerprint density at radius 2 is 2.18 bits per heavy atom. The van der Waals surface area contributed by atoms with Crippen LogP contribution in [0.2, 0.25) is 0 Å². The van der Waals surface area contributed by atoms with E-state index in [-0.39, 0.29) is 11.4 Å². The van der Waals surface area contributed by atoms with Crippen LogP contribution in [-0.2, 0) is 4.79 Å². The number of hydrogen-bond acceptors (Lipinski definition) is 4. The molecule has 5 nitrogen and oxygen atoms in total. The van der Waals surface area contributed by atoms with E-state index in [1.54, 1.807) is 18.2 Å². The number of carbonyl (C=O) groups excluding carboxylic acids is 1. The first kappa shape index (κ1) is 14.8. The van der Waals surface area contributed by atoms with Gasteiger partial charge in [-0.3, -0.25) is 4.79 Å². The number of ether oxygens (including phenoxy) is 1. The summed E-state index contributed by atoms with van der Waals surface area (Å²) in [6.45, 7) is 1.83. The van der Waals surface area contributed by atoms with E-state index in [2.05, 4.69) is 5.32 Å². The molecule has 1 aromatic carbocycles. The molecular formula is C17H19NO4. The molecule has 1 aromatic rings. The highest BCUT2D eigenvalue weighted by Crippen LogP contribution is 2.39. The third-order valence-electron chi connectivity index (χ3n) is 4.27. The fourth-order valence-electron chi connectivity index (χ4n) is 3.16. The summed E-state index contributed by atoms with van der Waals surface area (Å²) in [5.74, 6) is -0.315. The Balaban J connectivity index is 1.88. The lowest BCUT2D eigenvalue weighted by molar-refractivity contribution is -0.131. The van der Waals surface area contributed by atoms with Crippen LogP contribution in [0.15, 0.2) is 24.3 Å². The quantitative estimate of drug-likeness (QED) is 0.820. The number of aliphatic carboxylic acids is 1. The minimum atomic E-state index is -1.01. The molecule has 3 rings (SSSR count). The molecule has 22 heavy (non-hydrogen) atoms. The molecule has 0 bridgehead atoms. The zero-order valence-corrected chi connectivity index (χ0v) is 12.3. The van der Waals surface area contributed by atoms with Crippen LogP contribution in [0, 0.1) is 0 Å². The number of carbonyl (C=O) groups is 2. The van der Waals surface area contributed by atoms with Crippen LogP contribution in [-0.4, -0.2) is 35.5 Å². The number of rotatable bonds is 2. The van der Waals surface area contributed by atoms with Gasteiger partial charge in [0, 0.05) is 12.5 Å². The average Bonchev–Trinajstić information content (AvgIpc) is 2.71. The van der Waals surface area contributed by atoms with Crippen molar-refractivity contribution in [3.8, 4) is 5.75 Å². The summed E-state index contributed by atoms with van der Waals surface area (Å²) in [6.07, 6.45) is 5.66. The lowest BCUT2D eigenvalue weighted by Gasteiger charge is -2.37. The standard InChI is InChI=1S/C17H19NO4/c19-14-11-17(6-1-8-18-9-7-17)22-15-4-2-12(10-13(14)15)3-5-16(20)21/h2-5,10,18H,1,6-9,11H2,(H,20,21). The van der Waals surface area contributed by atoms with Gasteiger partial charge in [0.05, 0.1) is 12.0 Å². The normalized spacial score (nSPS) is 24.8. The van der Waals surface area contributed by atoms with Crippen LogP contribution in [0.5, 0.6) is 5.75 Å². The van der Waals surface area contributed by atoms with Gasteiger partial charge in [-0.15, -0.1) is 0 Å². The van der Waals surface area contributed by atoms with E-state index in [0.717, 1.165) is 38.4 Å². The van der Waals surface area contributed by atoms with E-state index in [1.807, 2.05) is 0 Å². The minimum Gasteiger partial charge on any atom is -0.486 e. The fourth-order valence-corrected chi connectivity index (χ4v) is 3.16. The highest BCUT2D eigenvalue weighted by atomic mass is 16.5. The maximum Gasteiger partial charge on any atom is 0.328 e. The van der Waals surface area contributed by atoms with E-state index in [9.17, 15) is 9.59 Å². The maximum absolute atomic E-state index is 12.5. The molecule has 0 aromatic heterocycles. The molecule has 1 unspecified atom stereocenters. The molecule has 2 aliphatic rings. The molecule has 1 atom stereocenters. The Bertz CT molecular complexity index is 628. The van der Waals surface area contributed by atoms with Crippen LogP contribution in [0.4, 0.5) is 0 Å². The van der Waals surface area contributed by atoms with E-state index in [1.165, 1.54) is 6.08 Å². The van der Waals surface area contributed by atoms with E-state index in [4.69, 9.17) is 9.84 Å². The van der Waals surface area contributed by atoms with Crippen LogP contribution in [0.3, 0.4) is 0 Å². The molecule has 116 valence electrons. The second-order valence-corrected chi connectivity index (χ2v) is 5.92. The second-order valence-electron chi connectivity index (χ2n) is 5.92. The first-order valence-corrected chi connectivity index (χ1v) is 7.56. The molecule has 1 fully saturated rings. The molecule has 0 saturated carbocycles. The van der Waals surface area contributed by atoms with Gasteiger partial charge in [0.25, 0.3) is 0 Å². The lowest BCUT2D eigenvalue weighted by Crippen LogP contribution is -2.42. The van der Waals surface area contributed by atoms with Crippen LogP contribution < -0.4 is 10.1 Å².